The lowest BCUT2D eigenvalue weighted by molar-refractivity contribution is -0.139. The van der Waals surface area contributed by atoms with Crippen molar-refractivity contribution in [2.24, 2.45) is 0 Å². The number of imide groups is 1. The molecule has 0 aliphatic carbocycles. The van der Waals surface area contributed by atoms with E-state index in [0.717, 1.165) is 4.90 Å². The Balaban J connectivity index is 1.86. The maximum absolute atomic E-state index is 11.7. The first-order valence-corrected chi connectivity index (χ1v) is 10.3. The number of nitrogens with one attached hydrogen (secondary N) is 2. The molecule has 0 aromatic heterocycles. The normalized spacial score (nSPS) is 15.9. The van der Waals surface area contributed by atoms with Gasteiger partial charge in [-0.15, -0.1) is 0 Å². The van der Waals surface area contributed by atoms with Crippen molar-refractivity contribution in [1.29, 1.82) is 0 Å². The maximum atomic E-state index is 11.7. The van der Waals surface area contributed by atoms with Gasteiger partial charge in [0.2, 0.25) is 23.6 Å². The Morgan fingerprint density at radius 1 is 0.935 bits per heavy atom. The lowest BCUT2D eigenvalue weighted by Gasteiger charge is -2.14. The second kappa shape index (κ2) is 16.6. The standard InChI is InChI=1S/C18H29N3O9S/c22-4-6-29-12-15(23)19-1-2-20-16(24)13-30-10-9-28-8-7-27-5-3-21-17(25)11-14(31)18(21)26/h4,14,31H,1-3,5-13H2,(H,19,23)(H,20,24). The highest BCUT2D eigenvalue weighted by Crippen LogP contribution is 2.17. The van der Waals surface area contributed by atoms with Crippen LogP contribution in [0.4, 0.5) is 0 Å². The topological polar surface area (TPSA) is 150 Å². The summed E-state index contributed by atoms with van der Waals surface area (Å²) in [5.41, 5.74) is 0. The SMILES string of the molecule is O=CCOCC(=O)NCCNC(=O)COCCOCCOCCN1C(=O)CC(S)C1=O. The average molecular weight is 464 g/mol. The van der Waals surface area contributed by atoms with E-state index in [1.165, 1.54) is 0 Å². The first kappa shape index (κ1) is 27.0. The van der Waals surface area contributed by atoms with Crippen LogP contribution in [-0.2, 0) is 42.9 Å². The van der Waals surface area contributed by atoms with Crippen molar-refractivity contribution in [2.45, 2.75) is 11.7 Å². The number of carbonyl (C=O) groups excluding carboxylic acids is 5. The Kier molecular flexibility index (Phi) is 14.5. The number of aldehydes is 1. The molecule has 0 bridgehead atoms. The molecule has 13 heteroatoms. The van der Waals surface area contributed by atoms with E-state index in [1.54, 1.807) is 0 Å². The molecule has 1 fully saturated rings. The summed E-state index contributed by atoms with van der Waals surface area (Å²) in [6.45, 7) is 1.50. The second-order valence-electron chi connectivity index (χ2n) is 6.26. The van der Waals surface area contributed by atoms with Gasteiger partial charge in [0.15, 0.2) is 0 Å². The second-order valence-corrected chi connectivity index (χ2v) is 6.89. The first-order chi connectivity index (χ1) is 15.0. The third kappa shape index (κ3) is 12.4. The summed E-state index contributed by atoms with van der Waals surface area (Å²) in [5.74, 6) is -1.24. The molecule has 1 aliphatic heterocycles. The lowest BCUT2D eigenvalue weighted by Crippen LogP contribution is -2.37. The number of amides is 4. The van der Waals surface area contributed by atoms with Gasteiger partial charge in [-0.25, -0.2) is 0 Å². The highest BCUT2D eigenvalue weighted by atomic mass is 32.1. The van der Waals surface area contributed by atoms with E-state index in [0.29, 0.717) is 19.5 Å². The molecular formula is C18H29N3O9S. The predicted octanol–water partition coefficient (Wildman–Crippen LogP) is -2.46. The lowest BCUT2D eigenvalue weighted by atomic mass is 10.4. The minimum atomic E-state index is -0.557. The highest BCUT2D eigenvalue weighted by Gasteiger charge is 2.35. The van der Waals surface area contributed by atoms with Crippen LogP contribution in [0, 0.1) is 0 Å². The molecule has 2 N–H and O–H groups in total. The zero-order chi connectivity index (χ0) is 22.9. The minimum absolute atomic E-state index is 0.124. The Bertz CT molecular complexity index is 606. The number of likely N-dealkylation sites (tertiary alicyclic amines) is 1. The Hall–Kier alpha value is -2.06. The van der Waals surface area contributed by atoms with Gasteiger partial charge < -0.3 is 34.4 Å². The fourth-order valence-corrected chi connectivity index (χ4v) is 2.66. The van der Waals surface area contributed by atoms with Crippen molar-refractivity contribution >= 4 is 42.5 Å². The van der Waals surface area contributed by atoms with Crippen LogP contribution in [0.3, 0.4) is 0 Å². The van der Waals surface area contributed by atoms with Gasteiger partial charge in [-0.3, -0.25) is 24.1 Å². The number of thiol groups is 1. The number of ether oxygens (including phenoxy) is 4. The van der Waals surface area contributed by atoms with E-state index in [9.17, 15) is 24.0 Å². The van der Waals surface area contributed by atoms with Gasteiger partial charge in [-0.1, -0.05) is 0 Å². The third-order valence-corrected chi connectivity index (χ3v) is 4.25. The molecule has 4 amide bonds. The molecule has 31 heavy (non-hydrogen) atoms. The van der Waals surface area contributed by atoms with Crippen LogP contribution in [0.15, 0.2) is 0 Å². The van der Waals surface area contributed by atoms with Crippen LogP contribution in [-0.4, -0.2) is 113 Å². The van der Waals surface area contributed by atoms with Gasteiger partial charge in [0.1, 0.15) is 26.1 Å². The summed E-state index contributed by atoms with van der Waals surface area (Å²) >= 11 is 4.04. The van der Waals surface area contributed by atoms with E-state index in [2.05, 4.69) is 23.3 Å². The van der Waals surface area contributed by atoms with E-state index in [-0.39, 0.29) is 89.3 Å². The molecule has 1 rings (SSSR count). The number of nitrogens with zero attached hydrogens (tertiary/aromatic N) is 1. The molecule has 0 aromatic rings. The minimum Gasteiger partial charge on any atom is -0.377 e. The molecule has 0 radical (unpaired) electrons. The van der Waals surface area contributed by atoms with Gasteiger partial charge >= 0.3 is 0 Å². The van der Waals surface area contributed by atoms with Crippen molar-refractivity contribution in [2.75, 3.05) is 72.5 Å². The zero-order valence-electron chi connectivity index (χ0n) is 17.2. The molecule has 0 spiro atoms. The smallest absolute Gasteiger partial charge is 0.246 e. The van der Waals surface area contributed by atoms with Gasteiger partial charge in [0.25, 0.3) is 0 Å². The molecule has 0 saturated carbocycles. The van der Waals surface area contributed by atoms with E-state index < -0.39 is 5.25 Å². The van der Waals surface area contributed by atoms with Crippen molar-refractivity contribution in [1.82, 2.24) is 15.5 Å². The van der Waals surface area contributed by atoms with Crippen LogP contribution < -0.4 is 10.6 Å². The highest BCUT2D eigenvalue weighted by molar-refractivity contribution is 7.81. The Labute approximate surface area is 185 Å². The Morgan fingerprint density at radius 2 is 1.48 bits per heavy atom. The van der Waals surface area contributed by atoms with Crippen molar-refractivity contribution < 1.29 is 42.9 Å². The fraction of sp³-hybridized carbons (Fsp3) is 0.722. The molecule has 176 valence electrons. The summed E-state index contributed by atoms with van der Waals surface area (Å²) in [6.07, 6.45) is 0.674. The van der Waals surface area contributed by atoms with Crippen LogP contribution in [0.25, 0.3) is 0 Å². The van der Waals surface area contributed by atoms with Gasteiger partial charge in [-0.2, -0.15) is 12.6 Å². The van der Waals surface area contributed by atoms with Crippen molar-refractivity contribution in [3.63, 3.8) is 0 Å². The summed E-state index contributed by atoms with van der Waals surface area (Å²) < 4.78 is 20.5. The first-order valence-electron chi connectivity index (χ1n) is 9.76. The zero-order valence-corrected chi connectivity index (χ0v) is 18.1. The monoisotopic (exact) mass is 463 g/mol. The molecule has 1 aliphatic rings. The number of hydrogen-bond donors (Lipinski definition) is 3. The van der Waals surface area contributed by atoms with Gasteiger partial charge in [0.05, 0.1) is 44.8 Å². The molecule has 0 aromatic carbocycles. The van der Waals surface area contributed by atoms with Crippen molar-refractivity contribution in [3.8, 4) is 0 Å². The summed E-state index contributed by atoms with van der Waals surface area (Å²) in [6, 6.07) is 0. The number of rotatable bonds is 18. The maximum Gasteiger partial charge on any atom is 0.246 e. The summed E-state index contributed by atoms with van der Waals surface area (Å²) in [5, 5.41) is 4.53. The molecule has 1 unspecified atom stereocenters. The van der Waals surface area contributed by atoms with Crippen molar-refractivity contribution in [3.05, 3.63) is 0 Å². The molecule has 1 saturated heterocycles. The van der Waals surface area contributed by atoms with Gasteiger partial charge in [0, 0.05) is 19.5 Å². The third-order valence-electron chi connectivity index (χ3n) is 3.84. The van der Waals surface area contributed by atoms with Crippen LogP contribution in [0.5, 0.6) is 0 Å². The average Bonchev–Trinajstić information content (AvgIpc) is 2.98. The van der Waals surface area contributed by atoms with Crippen LogP contribution in [0.2, 0.25) is 0 Å². The number of carbonyl (C=O) groups is 5. The van der Waals surface area contributed by atoms with Crippen LogP contribution in [0.1, 0.15) is 6.42 Å². The predicted molar refractivity (Wildman–Crippen MR) is 109 cm³/mol. The fourth-order valence-electron chi connectivity index (χ4n) is 2.37. The summed E-state index contributed by atoms with van der Waals surface area (Å²) in [7, 11) is 0. The van der Waals surface area contributed by atoms with Gasteiger partial charge in [-0.05, 0) is 0 Å². The van der Waals surface area contributed by atoms with E-state index in [1.807, 2.05) is 0 Å². The quantitative estimate of drug-likeness (QED) is 0.0871. The van der Waals surface area contributed by atoms with E-state index in [4.69, 9.17) is 18.9 Å². The molecule has 1 heterocycles. The molecule has 1 atom stereocenters. The number of hydrogen-bond acceptors (Lipinski definition) is 10. The van der Waals surface area contributed by atoms with E-state index >= 15 is 0 Å². The summed E-state index contributed by atoms with van der Waals surface area (Å²) in [4.78, 5) is 57.2. The largest absolute Gasteiger partial charge is 0.377 e. The Morgan fingerprint density at radius 3 is 2.03 bits per heavy atom. The van der Waals surface area contributed by atoms with Crippen LogP contribution >= 0.6 is 12.6 Å². The molecular weight excluding hydrogens is 434 g/mol. The molecule has 12 nitrogen and oxygen atoms in total.